The van der Waals surface area contributed by atoms with Crippen LogP contribution >= 0.6 is 0 Å². The zero-order valence-corrected chi connectivity index (χ0v) is 12.6. The van der Waals surface area contributed by atoms with Crippen molar-refractivity contribution in [2.24, 2.45) is 10.4 Å². The molecular formula is C18H21NO2. The van der Waals surface area contributed by atoms with E-state index in [4.69, 9.17) is 0 Å². The molecule has 2 rings (SSSR count). The molecule has 3 heteroatoms. The number of hydrogen-bond donors (Lipinski definition) is 1. The van der Waals surface area contributed by atoms with Crippen molar-refractivity contribution in [3.05, 3.63) is 54.1 Å². The van der Waals surface area contributed by atoms with Gasteiger partial charge in [-0.05, 0) is 11.8 Å². The average molecular weight is 283 g/mol. The summed E-state index contributed by atoms with van der Waals surface area (Å²) in [6.07, 6.45) is 2.79. The van der Waals surface area contributed by atoms with E-state index in [1.165, 1.54) is 0 Å². The van der Waals surface area contributed by atoms with Crippen LogP contribution in [0.1, 0.15) is 32.3 Å². The maximum atomic E-state index is 12.5. The van der Waals surface area contributed by atoms with Crippen molar-refractivity contribution in [3.8, 4) is 0 Å². The van der Waals surface area contributed by atoms with Crippen LogP contribution in [0.3, 0.4) is 0 Å². The summed E-state index contributed by atoms with van der Waals surface area (Å²) < 4.78 is 0. The summed E-state index contributed by atoms with van der Waals surface area (Å²) in [5, 5.41) is 10.5. The van der Waals surface area contributed by atoms with Crippen LogP contribution in [0.4, 0.5) is 0 Å². The Bertz CT molecular complexity index is 609. The summed E-state index contributed by atoms with van der Waals surface area (Å²) in [6, 6.07) is 9.13. The average Bonchev–Trinajstić information content (AvgIpc) is 2.44. The molecule has 1 aromatic rings. The molecule has 110 valence electrons. The lowest BCUT2D eigenvalue weighted by atomic mass is 9.73. The zero-order chi connectivity index (χ0) is 15.5. The number of hydrogen-bond acceptors (Lipinski definition) is 3. The number of benzene rings is 1. The third-order valence-corrected chi connectivity index (χ3v) is 3.55. The molecule has 1 N–H and O–H groups in total. The molecule has 3 nitrogen and oxygen atoms in total. The highest BCUT2D eigenvalue weighted by Crippen LogP contribution is 2.36. The molecule has 1 aromatic carbocycles. The second-order valence-corrected chi connectivity index (χ2v) is 6.11. The Morgan fingerprint density at radius 2 is 2.00 bits per heavy atom. The van der Waals surface area contributed by atoms with Crippen LogP contribution in [0.2, 0.25) is 0 Å². The van der Waals surface area contributed by atoms with Gasteiger partial charge in [-0.1, -0.05) is 50.3 Å². The summed E-state index contributed by atoms with van der Waals surface area (Å²) in [6.45, 7) is 8.20. The molecule has 0 unspecified atom stereocenters. The first kappa shape index (κ1) is 15.2. The molecule has 0 atom stereocenters. The minimum absolute atomic E-state index is 0.0268. The molecule has 1 aliphatic carbocycles. The summed E-state index contributed by atoms with van der Waals surface area (Å²) in [7, 11) is 0. The van der Waals surface area contributed by atoms with Gasteiger partial charge in [0.05, 0.1) is 17.8 Å². The molecule has 0 spiro atoms. The van der Waals surface area contributed by atoms with Gasteiger partial charge in [0.15, 0.2) is 5.78 Å². The van der Waals surface area contributed by atoms with Crippen LogP contribution in [-0.2, 0) is 4.79 Å². The summed E-state index contributed by atoms with van der Waals surface area (Å²) in [4.78, 5) is 16.9. The molecule has 1 saturated carbocycles. The first-order valence-electron chi connectivity index (χ1n) is 7.11. The number of allylic oxidation sites excluding steroid dienone is 1. The summed E-state index contributed by atoms with van der Waals surface area (Å²) >= 11 is 0. The molecule has 0 saturated heterocycles. The second-order valence-electron chi connectivity index (χ2n) is 6.11. The number of carbonyl (C=O) groups excluding carboxylic acids is 1. The van der Waals surface area contributed by atoms with Gasteiger partial charge in [0, 0.05) is 12.0 Å². The third kappa shape index (κ3) is 3.48. The van der Waals surface area contributed by atoms with Crippen molar-refractivity contribution in [1.29, 1.82) is 0 Å². The maximum Gasteiger partial charge on any atom is 0.168 e. The number of aliphatic hydroxyl groups is 1. The van der Waals surface area contributed by atoms with Gasteiger partial charge in [-0.15, -0.1) is 6.58 Å². The van der Waals surface area contributed by atoms with Crippen molar-refractivity contribution < 1.29 is 9.90 Å². The Hall–Kier alpha value is -2.16. The van der Waals surface area contributed by atoms with Gasteiger partial charge in [-0.2, -0.15) is 0 Å². The molecule has 1 fully saturated rings. The van der Waals surface area contributed by atoms with Crippen LogP contribution in [0.5, 0.6) is 0 Å². The number of aliphatic imine (C=N–C) groups is 1. The normalized spacial score (nSPS) is 22.2. The lowest BCUT2D eigenvalue weighted by Gasteiger charge is -2.31. The topological polar surface area (TPSA) is 49.7 Å². The number of ketones is 1. The molecule has 0 bridgehead atoms. The lowest BCUT2D eigenvalue weighted by molar-refractivity contribution is -0.117. The van der Waals surface area contributed by atoms with Crippen molar-refractivity contribution >= 4 is 17.3 Å². The molecule has 21 heavy (non-hydrogen) atoms. The van der Waals surface area contributed by atoms with E-state index in [2.05, 4.69) is 11.6 Å². The Kier molecular flexibility index (Phi) is 4.41. The number of aliphatic hydroxyl groups excluding tert-OH is 1. The highest BCUT2D eigenvalue weighted by molar-refractivity contribution is 6.28. The SMILES string of the molecule is C=CCN=C1CC(C)(C)CC(=O)/C1=C(/O)c1ccccc1. The third-order valence-electron chi connectivity index (χ3n) is 3.55. The van der Waals surface area contributed by atoms with Gasteiger partial charge < -0.3 is 5.11 Å². The van der Waals surface area contributed by atoms with Crippen LogP contribution in [-0.4, -0.2) is 23.1 Å². The van der Waals surface area contributed by atoms with Crippen LogP contribution in [0, 0.1) is 5.41 Å². The molecular weight excluding hydrogens is 262 g/mol. The summed E-state index contributed by atoms with van der Waals surface area (Å²) in [5.41, 5.74) is 1.56. The fourth-order valence-electron chi connectivity index (χ4n) is 2.61. The monoisotopic (exact) mass is 283 g/mol. The fourth-order valence-corrected chi connectivity index (χ4v) is 2.61. The van der Waals surface area contributed by atoms with Crippen molar-refractivity contribution in [1.82, 2.24) is 0 Å². The van der Waals surface area contributed by atoms with Crippen LogP contribution in [0.15, 0.2) is 53.6 Å². The molecule has 1 aliphatic rings. The second kappa shape index (κ2) is 6.08. The predicted molar refractivity (Wildman–Crippen MR) is 86.5 cm³/mol. The Labute approximate surface area is 125 Å². The predicted octanol–water partition coefficient (Wildman–Crippen LogP) is 3.97. The molecule has 0 amide bonds. The Morgan fingerprint density at radius 1 is 1.33 bits per heavy atom. The van der Waals surface area contributed by atoms with Gasteiger partial charge in [0.1, 0.15) is 5.76 Å². The minimum atomic E-state index is -0.127. The zero-order valence-electron chi connectivity index (χ0n) is 12.6. The van der Waals surface area contributed by atoms with Gasteiger partial charge in [0.25, 0.3) is 0 Å². The molecule has 0 radical (unpaired) electrons. The lowest BCUT2D eigenvalue weighted by Crippen LogP contribution is -2.32. The van der Waals surface area contributed by atoms with Gasteiger partial charge in [-0.3, -0.25) is 9.79 Å². The largest absolute Gasteiger partial charge is 0.506 e. The first-order valence-corrected chi connectivity index (χ1v) is 7.11. The molecule has 0 aliphatic heterocycles. The van der Waals surface area contributed by atoms with E-state index in [1.54, 1.807) is 18.2 Å². The van der Waals surface area contributed by atoms with Crippen molar-refractivity contribution in [3.63, 3.8) is 0 Å². The summed E-state index contributed by atoms with van der Waals surface area (Å²) in [5.74, 6) is -0.0191. The van der Waals surface area contributed by atoms with Crippen LogP contribution < -0.4 is 0 Å². The quantitative estimate of drug-likeness (QED) is 0.518. The van der Waals surface area contributed by atoms with Gasteiger partial charge in [-0.25, -0.2) is 0 Å². The Morgan fingerprint density at radius 3 is 2.62 bits per heavy atom. The van der Waals surface area contributed by atoms with E-state index >= 15 is 0 Å². The number of Topliss-reactive ketones (excluding diaryl/α,β-unsaturated/α-hetero) is 1. The first-order chi connectivity index (χ1) is 9.94. The van der Waals surface area contributed by atoms with Crippen LogP contribution in [0.25, 0.3) is 5.76 Å². The van der Waals surface area contributed by atoms with Crippen molar-refractivity contribution in [2.45, 2.75) is 26.7 Å². The van der Waals surface area contributed by atoms with E-state index < -0.39 is 0 Å². The van der Waals surface area contributed by atoms with Gasteiger partial charge >= 0.3 is 0 Å². The smallest absolute Gasteiger partial charge is 0.168 e. The maximum absolute atomic E-state index is 12.5. The Balaban J connectivity index is 2.52. The van der Waals surface area contributed by atoms with E-state index in [0.717, 1.165) is 0 Å². The van der Waals surface area contributed by atoms with E-state index in [1.807, 2.05) is 32.0 Å². The standard InChI is InChI=1S/C18H21NO2/c1-4-10-19-14-11-18(2,3)12-15(20)16(14)17(21)13-8-6-5-7-9-13/h4-9,21H,1,10-12H2,2-3H3/b17-16+,19-14?. The molecule has 0 aromatic heterocycles. The highest BCUT2D eigenvalue weighted by Gasteiger charge is 2.36. The van der Waals surface area contributed by atoms with E-state index in [-0.39, 0.29) is 17.0 Å². The number of carbonyl (C=O) groups is 1. The van der Waals surface area contributed by atoms with E-state index in [9.17, 15) is 9.90 Å². The number of nitrogens with zero attached hydrogens (tertiary/aromatic N) is 1. The van der Waals surface area contributed by atoms with E-state index in [0.29, 0.717) is 36.2 Å². The number of rotatable bonds is 3. The highest BCUT2D eigenvalue weighted by atomic mass is 16.3. The van der Waals surface area contributed by atoms with Gasteiger partial charge in [0.2, 0.25) is 0 Å². The fraction of sp³-hybridized carbons (Fsp3) is 0.333. The molecule has 0 heterocycles. The van der Waals surface area contributed by atoms with Crippen molar-refractivity contribution in [2.75, 3.05) is 6.54 Å². The minimum Gasteiger partial charge on any atom is -0.506 e.